The van der Waals surface area contributed by atoms with Crippen LogP contribution in [0.25, 0.3) is 0 Å². The lowest BCUT2D eigenvalue weighted by Gasteiger charge is -2.29. The number of hydrogen-bond donors (Lipinski definition) is 1. The number of methoxy groups -OCH3 is 2. The first-order valence-corrected chi connectivity index (χ1v) is 9.78. The van der Waals surface area contributed by atoms with Crippen LogP contribution in [0.2, 0.25) is 0 Å². The lowest BCUT2D eigenvalue weighted by molar-refractivity contribution is -0.126. The van der Waals surface area contributed by atoms with Gasteiger partial charge >= 0.3 is 0 Å². The Labute approximate surface area is 158 Å². The molecule has 2 amide bonds. The van der Waals surface area contributed by atoms with Gasteiger partial charge in [-0.25, -0.2) is 0 Å². The van der Waals surface area contributed by atoms with Gasteiger partial charge in [-0.05, 0) is 26.3 Å². The number of hydrogen-bond acceptors (Lipinski definition) is 5. The third-order valence-corrected chi connectivity index (χ3v) is 6.51. The number of nitrogens with one attached hydrogen (secondary N) is 1. The fourth-order valence-electron chi connectivity index (χ4n) is 3.74. The normalized spacial score (nSPS) is 22.8. The van der Waals surface area contributed by atoms with Crippen molar-refractivity contribution in [2.75, 3.05) is 20.8 Å². The number of benzene rings is 1. The van der Waals surface area contributed by atoms with Crippen molar-refractivity contribution in [3.05, 3.63) is 23.3 Å². The van der Waals surface area contributed by atoms with Crippen LogP contribution in [0.4, 0.5) is 0 Å². The number of rotatable bonds is 6. The number of amides is 2. The molecular formula is C19H26N2O4S. The maximum atomic E-state index is 13.3. The molecule has 7 heteroatoms. The van der Waals surface area contributed by atoms with E-state index in [1.807, 2.05) is 26.0 Å². The topological polar surface area (TPSA) is 67.9 Å². The second-order valence-corrected chi connectivity index (χ2v) is 8.83. The van der Waals surface area contributed by atoms with Gasteiger partial charge < -0.3 is 19.7 Å². The van der Waals surface area contributed by atoms with Crippen LogP contribution in [-0.2, 0) is 4.79 Å². The molecule has 1 aromatic carbocycles. The van der Waals surface area contributed by atoms with E-state index < -0.39 is 6.04 Å². The predicted octanol–water partition coefficient (Wildman–Crippen LogP) is 2.97. The molecule has 1 N–H and O–H groups in total. The molecule has 2 atom stereocenters. The summed E-state index contributed by atoms with van der Waals surface area (Å²) in [5, 5.41) is 2.80. The minimum Gasteiger partial charge on any atom is -0.493 e. The van der Waals surface area contributed by atoms with Crippen molar-refractivity contribution < 1.29 is 19.1 Å². The molecule has 0 radical (unpaired) electrons. The van der Waals surface area contributed by atoms with Crippen molar-refractivity contribution in [3.63, 3.8) is 0 Å². The van der Waals surface area contributed by atoms with Crippen molar-refractivity contribution in [2.24, 2.45) is 0 Å². The van der Waals surface area contributed by atoms with E-state index in [0.717, 1.165) is 18.4 Å². The molecule has 0 unspecified atom stereocenters. The number of nitrogens with zero attached hydrogens (tertiary/aromatic N) is 1. The number of unbranched alkanes of at least 4 members (excludes halogenated alkanes) is 1. The Balaban J connectivity index is 1.98. The van der Waals surface area contributed by atoms with Gasteiger partial charge in [0, 0.05) is 16.9 Å². The van der Waals surface area contributed by atoms with Gasteiger partial charge in [-0.2, -0.15) is 0 Å². The lowest BCUT2D eigenvalue weighted by atomic mass is 10.0. The maximum absolute atomic E-state index is 13.3. The fraction of sp³-hybridized carbons (Fsp3) is 0.579. The van der Waals surface area contributed by atoms with Gasteiger partial charge in [0.1, 0.15) is 11.4 Å². The smallest absolute Gasteiger partial charge is 0.260 e. The van der Waals surface area contributed by atoms with Crippen LogP contribution in [0.1, 0.15) is 54.9 Å². The summed E-state index contributed by atoms with van der Waals surface area (Å²) >= 11 is 1.64. The fourth-order valence-corrected chi connectivity index (χ4v) is 5.32. The highest BCUT2D eigenvalue weighted by atomic mass is 32.2. The second-order valence-electron chi connectivity index (χ2n) is 7.10. The van der Waals surface area contributed by atoms with Gasteiger partial charge in [-0.15, -0.1) is 11.8 Å². The number of fused-ring (bicyclic) bond motifs is 3. The van der Waals surface area contributed by atoms with Crippen LogP contribution in [0.5, 0.6) is 11.5 Å². The summed E-state index contributed by atoms with van der Waals surface area (Å²) in [6.07, 6.45) is 1.94. The van der Waals surface area contributed by atoms with E-state index in [0.29, 0.717) is 23.6 Å². The Hall–Kier alpha value is -1.89. The molecule has 2 heterocycles. The average molecular weight is 378 g/mol. The van der Waals surface area contributed by atoms with Crippen molar-refractivity contribution in [3.8, 4) is 11.5 Å². The molecule has 1 aromatic rings. The van der Waals surface area contributed by atoms with Crippen molar-refractivity contribution in [2.45, 2.75) is 49.8 Å². The third-order valence-electron chi connectivity index (χ3n) is 4.97. The molecule has 2 aliphatic heterocycles. The van der Waals surface area contributed by atoms with Crippen LogP contribution in [-0.4, -0.2) is 48.3 Å². The zero-order chi connectivity index (χ0) is 19.1. The van der Waals surface area contributed by atoms with E-state index in [-0.39, 0.29) is 21.9 Å². The van der Waals surface area contributed by atoms with Gasteiger partial charge in [0.2, 0.25) is 5.91 Å². The molecule has 26 heavy (non-hydrogen) atoms. The summed E-state index contributed by atoms with van der Waals surface area (Å²) in [6.45, 7) is 6.75. The van der Waals surface area contributed by atoms with Crippen LogP contribution in [0.3, 0.4) is 0 Å². The summed E-state index contributed by atoms with van der Waals surface area (Å²) < 4.78 is 10.4. The van der Waals surface area contributed by atoms with E-state index in [9.17, 15) is 9.59 Å². The number of ether oxygens (including phenoxy) is 2. The van der Waals surface area contributed by atoms with E-state index in [1.54, 1.807) is 23.8 Å². The monoisotopic (exact) mass is 378 g/mol. The van der Waals surface area contributed by atoms with Crippen molar-refractivity contribution in [1.82, 2.24) is 10.2 Å². The summed E-state index contributed by atoms with van der Waals surface area (Å²) in [7, 11) is 3.08. The molecule has 1 fully saturated rings. The Kier molecular flexibility index (Phi) is 5.10. The van der Waals surface area contributed by atoms with Crippen molar-refractivity contribution >= 4 is 23.6 Å². The zero-order valence-corrected chi connectivity index (χ0v) is 16.7. The minimum atomic E-state index is -0.523. The number of carbonyl (C=O) groups excluding carboxylic acids is 2. The van der Waals surface area contributed by atoms with Crippen LogP contribution in [0, 0.1) is 0 Å². The highest BCUT2D eigenvalue weighted by Gasteiger charge is 2.58. The molecular weight excluding hydrogens is 352 g/mol. The quantitative estimate of drug-likeness (QED) is 0.771. The van der Waals surface area contributed by atoms with Crippen LogP contribution < -0.4 is 14.8 Å². The second kappa shape index (κ2) is 7.02. The molecule has 6 nitrogen and oxygen atoms in total. The SMILES string of the molecule is CCCCNC(=O)[C@H]1N2C(=O)c3c(ccc(OC)c3OC)[C@@H]2SC1(C)C. The average Bonchev–Trinajstić information content (AvgIpc) is 3.04. The maximum Gasteiger partial charge on any atom is 0.260 e. The molecule has 3 rings (SSSR count). The largest absolute Gasteiger partial charge is 0.493 e. The van der Waals surface area contributed by atoms with Gasteiger partial charge in [0.15, 0.2) is 11.5 Å². The van der Waals surface area contributed by atoms with Crippen LogP contribution in [0.15, 0.2) is 12.1 Å². The van der Waals surface area contributed by atoms with E-state index >= 15 is 0 Å². The first kappa shape index (κ1) is 18.9. The Morgan fingerprint density at radius 3 is 2.65 bits per heavy atom. The molecule has 0 spiro atoms. The minimum absolute atomic E-state index is 0.0921. The van der Waals surface area contributed by atoms with Gasteiger partial charge in [-0.3, -0.25) is 9.59 Å². The standard InChI is InChI=1S/C19H26N2O4S/c1-6-7-10-20-16(22)15-19(2,3)26-18-11-8-9-12(24-4)14(25-5)13(11)17(23)21(15)18/h8-9,15,18H,6-7,10H2,1-5H3,(H,20,22)/t15-,18+/m1/s1. The Morgan fingerprint density at radius 2 is 2.04 bits per heavy atom. The summed E-state index contributed by atoms with van der Waals surface area (Å²) in [5.74, 6) is 0.696. The Morgan fingerprint density at radius 1 is 1.31 bits per heavy atom. The highest BCUT2D eigenvalue weighted by molar-refractivity contribution is 8.01. The van der Waals surface area contributed by atoms with E-state index in [1.165, 1.54) is 7.11 Å². The predicted molar refractivity (Wildman–Crippen MR) is 102 cm³/mol. The van der Waals surface area contributed by atoms with E-state index in [2.05, 4.69) is 12.2 Å². The summed E-state index contributed by atoms with van der Waals surface area (Å²) in [6, 6.07) is 3.20. The molecule has 142 valence electrons. The molecule has 0 aliphatic carbocycles. The van der Waals surface area contributed by atoms with E-state index in [4.69, 9.17) is 9.47 Å². The van der Waals surface area contributed by atoms with Crippen LogP contribution >= 0.6 is 11.8 Å². The lowest BCUT2D eigenvalue weighted by Crippen LogP contribution is -2.52. The number of thioether (sulfide) groups is 1. The summed E-state index contributed by atoms with van der Waals surface area (Å²) in [5.41, 5.74) is 1.39. The third kappa shape index (κ3) is 2.82. The zero-order valence-electron chi connectivity index (χ0n) is 15.9. The highest BCUT2D eigenvalue weighted by Crippen LogP contribution is 2.58. The Bertz CT molecular complexity index is 734. The number of carbonyl (C=O) groups is 2. The molecule has 2 aliphatic rings. The van der Waals surface area contributed by atoms with Gasteiger partial charge in [0.05, 0.1) is 19.8 Å². The summed E-state index contributed by atoms with van der Waals surface area (Å²) in [4.78, 5) is 27.8. The van der Waals surface area contributed by atoms with Gasteiger partial charge in [0.25, 0.3) is 5.91 Å². The van der Waals surface area contributed by atoms with Gasteiger partial charge in [-0.1, -0.05) is 19.4 Å². The first-order chi connectivity index (χ1) is 12.4. The van der Waals surface area contributed by atoms with Crippen molar-refractivity contribution in [1.29, 1.82) is 0 Å². The first-order valence-electron chi connectivity index (χ1n) is 8.90. The molecule has 0 bridgehead atoms. The molecule has 1 saturated heterocycles. The molecule has 0 saturated carbocycles. The molecule has 0 aromatic heterocycles.